The molecule has 0 spiro atoms. The van der Waals surface area contributed by atoms with Crippen LogP contribution in [0.15, 0.2) is 28.8 Å². The summed E-state index contributed by atoms with van der Waals surface area (Å²) in [6.45, 7) is 3.56. The van der Waals surface area contributed by atoms with Crippen molar-refractivity contribution in [1.82, 2.24) is 10.1 Å². The van der Waals surface area contributed by atoms with Crippen molar-refractivity contribution in [3.05, 3.63) is 46.3 Å². The highest BCUT2D eigenvalue weighted by molar-refractivity contribution is 6.30. The lowest BCUT2D eigenvalue weighted by molar-refractivity contribution is 0.234. The summed E-state index contributed by atoms with van der Waals surface area (Å²) in [5.74, 6) is 1.12. The van der Waals surface area contributed by atoms with Crippen molar-refractivity contribution in [2.24, 2.45) is 0 Å². The molecule has 0 bridgehead atoms. The highest BCUT2D eigenvalue weighted by atomic mass is 35.5. The van der Waals surface area contributed by atoms with Crippen LogP contribution in [0.4, 0.5) is 0 Å². The van der Waals surface area contributed by atoms with Gasteiger partial charge >= 0.3 is 0 Å². The third-order valence-corrected chi connectivity index (χ3v) is 4.00. The van der Waals surface area contributed by atoms with E-state index in [1.807, 2.05) is 19.1 Å². The topological polar surface area (TPSA) is 49.5 Å². The monoisotopic (exact) mass is 292 g/mol. The Hall–Kier alpha value is -1.52. The van der Waals surface area contributed by atoms with Crippen molar-refractivity contribution in [2.75, 3.05) is 6.54 Å². The van der Waals surface area contributed by atoms with E-state index in [1.165, 1.54) is 0 Å². The second kappa shape index (κ2) is 5.46. The zero-order chi connectivity index (χ0) is 14.1. The van der Waals surface area contributed by atoms with Gasteiger partial charge < -0.3 is 9.63 Å². The minimum Gasteiger partial charge on any atom is -0.508 e. The molecule has 106 valence electrons. The van der Waals surface area contributed by atoms with Gasteiger partial charge in [0.15, 0.2) is 0 Å². The minimum atomic E-state index is 0.255. The molecule has 2 heterocycles. The molecule has 0 saturated carbocycles. The molecule has 0 radical (unpaired) electrons. The first-order valence-electron chi connectivity index (χ1n) is 6.78. The lowest BCUT2D eigenvalue weighted by Gasteiger charge is -2.23. The predicted molar refractivity (Wildman–Crippen MR) is 76.7 cm³/mol. The minimum absolute atomic E-state index is 0.255. The maximum Gasteiger partial charge on any atom is 0.133 e. The maximum atomic E-state index is 9.94. The lowest BCUT2D eigenvalue weighted by Crippen LogP contribution is -2.23. The molecule has 1 atom stereocenters. The fraction of sp³-hybridized carbons (Fsp3) is 0.400. The molecule has 1 N–H and O–H groups in total. The van der Waals surface area contributed by atoms with Gasteiger partial charge in [-0.1, -0.05) is 16.8 Å². The Balaban J connectivity index is 1.81. The van der Waals surface area contributed by atoms with Crippen molar-refractivity contribution in [1.29, 1.82) is 0 Å². The van der Waals surface area contributed by atoms with Crippen LogP contribution in [-0.4, -0.2) is 21.7 Å². The number of aromatic hydroxyl groups is 1. The van der Waals surface area contributed by atoms with Crippen molar-refractivity contribution >= 4 is 11.6 Å². The summed E-state index contributed by atoms with van der Waals surface area (Å²) in [5, 5.41) is 14.7. The smallest absolute Gasteiger partial charge is 0.133 e. The number of benzene rings is 1. The van der Waals surface area contributed by atoms with Crippen molar-refractivity contribution in [2.45, 2.75) is 32.4 Å². The van der Waals surface area contributed by atoms with E-state index in [0.717, 1.165) is 36.4 Å². The summed E-state index contributed by atoms with van der Waals surface area (Å²) in [7, 11) is 0. The van der Waals surface area contributed by atoms with E-state index in [9.17, 15) is 5.11 Å². The van der Waals surface area contributed by atoms with E-state index < -0.39 is 0 Å². The first-order valence-corrected chi connectivity index (χ1v) is 7.16. The zero-order valence-corrected chi connectivity index (χ0v) is 12.1. The van der Waals surface area contributed by atoms with E-state index in [-0.39, 0.29) is 11.8 Å². The van der Waals surface area contributed by atoms with Crippen LogP contribution in [-0.2, 0) is 6.54 Å². The van der Waals surface area contributed by atoms with Crippen LogP contribution in [0.5, 0.6) is 5.75 Å². The highest BCUT2D eigenvalue weighted by Gasteiger charge is 2.28. The molecular formula is C15H17ClN2O2. The third kappa shape index (κ3) is 2.67. The quantitative estimate of drug-likeness (QED) is 0.937. The van der Waals surface area contributed by atoms with Gasteiger partial charge in [0.2, 0.25) is 0 Å². The molecule has 5 heteroatoms. The average Bonchev–Trinajstić information content (AvgIpc) is 3.02. The summed E-state index contributed by atoms with van der Waals surface area (Å²) < 4.78 is 5.17. The van der Waals surface area contributed by atoms with Crippen molar-refractivity contribution in [3.63, 3.8) is 0 Å². The predicted octanol–water partition coefficient (Wildman–Crippen LogP) is 3.68. The van der Waals surface area contributed by atoms with Crippen LogP contribution in [0.3, 0.4) is 0 Å². The first-order chi connectivity index (χ1) is 9.63. The van der Waals surface area contributed by atoms with Gasteiger partial charge in [0, 0.05) is 23.2 Å². The second-order valence-electron chi connectivity index (χ2n) is 5.26. The number of rotatable bonds is 3. The molecule has 1 saturated heterocycles. The van der Waals surface area contributed by atoms with Gasteiger partial charge in [0.05, 0.1) is 6.04 Å². The summed E-state index contributed by atoms with van der Waals surface area (Å²) in [6.07, 6.45) is 2.19. The molecule has 3 rings (SSSR count). The Morgan fingerprint density at radius 2 is 2.30 bits per heavy atom. The normalized spacial score (nSPS) is 19.6. The number of nitrogens with zero attached hydrogens (tertiary/aromatic N) is 2. The number of phenolic OH excluding ortho intramolecular Hbond substituents is 1. The van der Waals surface area contributed by atoms with Gasteiger partial charge in [-0.15, -0.1) is 0 Å². The highest BCUT2D eigenvalue weighted by Crippen LogP contribution is 2.34. The number of likely N-dealkylation sites (tertiary alicyclic amines) is 1. The van der Waals surface area contributed by atoms with E-state index in [2.05, 4.69) is 10.1 Å². The number of aromatic nitrogens is 1. The van der Waals surface area contributed by atoms with Crippen LogP contribution in [0, 0.1) is 6.92 Å². The molecule has 2 aromatic rings. The molecule has 4 nitrogen and oxygen atoms in total. The number of phenols is 1. The Bertz CT molecular complexity index is 612. The summed E-state index contributed by atoms with van der Waals surface area (Å²) in [4.78, 5) is 2.31. The van der Waals surface area contributed by atoms with Crippen LogP contribution >= 0.6 is 11.6 Å². The molecule has 1 aliphatic rings. The third-order valence-electron chi connectivity index (χ3n) is 3.77. The molecule has 0 amide bonds. The molecule has 1 fully saturated rings. The van der Waals surface area contributed by atoms with Crippen LogP contribution in [0.25, 0.3) is 0 Å². The lowest BCUT2D eigenvalue weighted by atomic mass is 10.1. The van der Waals surface area contributed by atoms with Gasteiger partial charge in [-0.25, -0.2) is 0 Å². The molecule has 1 aromatic heterocycles. The Morgan fingerprint density at radius 3 is 3.05 bits per heavy atom. The molecule has 1 aliphatic heterocycles. The molecular weight excluding hydrogens is 276 g/mol. The van der Waals surface area contributed by atoms with E-state index in [1.54, 1.807) is 12.1 Å². The zero-order valence-electron chi connectivity index (χ0n) is 11.3. The number of aryl methyl sites for hydroxylation is 1. The Morgan fingerprint density at radius 1 is 1.45 bits per heavy atom. The van der Waals surface area contributed by atoms with Gasteiger partial charge in [0.25, 0.3) is 0 Å². The SMILES string of the molecule is Cc1cc([C@H]2CCCN2Cc2cc(Cl)ccc2O)no1. The average molecular weight is 293 g/mol. The summed E-state index contributed by atoms with van der Waals surface area (Å²) in [5.41, 5.74) is 1.83. The number of halogens is 1. The van der Waals surface area contributed by atoms with Gasteiger partial charge in [-0.2, -0.15) is 0 Å². The first kappa shape index (κ1) is 13.5. The Kier molecular flexibility index (Phi) is 3.68. The molecule has 0 unspecified atom stereocenters. The van der Waals surface area contributed by atoms with Crippen LogP contribution in [0.2, 0.25) is 5.02 Å². The van der Waals surface area contributed by atoms with Gasteiger partial charge in [0.1, 0.15) is 17.2 Å². The van der Waals surface area contributed by atoms with Gasteiger partial charge in [-0.05, 0) is 44.5 Å². The summed E-state index contributed by atoms with van der Waals surface area (Å²) >= 11 is 6.00. The second-order valence-corrected chi connectivity index (χ2v) is 5.70. The number of hydrogen-bond donors (Lipinski definition) is 1. The number of hydrogen-bond acceptors (Lipinski definition) is 4. The fourth-order valence-electron chi connectivity index (χ4n) is 2.79. The van der Waals surface area contributed by atoms with Crippen LogP contribution < -0.4 is 0 Å². The van der Waals surface area contributed by atoms with E-state index in [4.69, 9.17) is 16.1 Å². The molecule has 1 aromatic carbocycles. The summed E-state index contributed by atoms with van der Waals surface area (Å²) in [6, 6.07) is 7.40. The van der Waals surface area contributed by atoms with Crippen molar-refractivity contribution < 1.29 is 9.63 Å². The van der Waals surface area contributed by atoms with Gasteiger partial charge in [-0.3, -0.25) is 4.90 Å². The van der Waals surface area contributed by atoms with Crippen LogP contribution in [0.1, 0.15) is 35.9 Å². The van der Waals surface area contributed by atoms with Crippen molar-refractivity contribution in [3.8, 4) is 5.75 Å². The largest absolute Gasteiger partial charge is 0.508 e. The standard InChI is InChI=1S/C15H17ClN2O2/c1-10-7-13(17-20-10)14-3-2-6-18(14)9-11-8-12(16)4-5-15(11)19/h4-5,7-8,14,19H,2-3,6,9H2,1H3/t14-/m1/s1. The molecule has 20 heavy (non-hydrogen) atoms. The van der Waals surface area contributed by atoms with E-state index in [0.29, 0.717) is 11.6 Å². The Labute approximate surface area is 122 Å². The molecule has 0 aliphatic carbocycles. The fourth-order valence-corrected chi connectivity index (χ4v) is 2.99. The maximum absolute atomic E-state index is 9.94. The van der Waals surface area contributed by atoms with E-state index >= 15 is 0 Å².